The number of carbonyl (C=O) groups excluding carboxylic acids is 1. The van der Waals surface area contributed by atoms with Crippen LogP contribution in [0.3, 0.4) is 0 Å². The molecule has 2 heterocycles. The smallest absolute Gasteiger partial charge is 0.347 e. The van der Waals surface area contributed by atoms with Gasteiger partial charge in [-0.25, -0.2) is 23.3 Å². The fraction of sp³-hybridized carbons (Fsp3) is 0.375. The van der Waals surface area contributed by atoms with Crippen molar-refractivity contribution < 1.29 is 23.1 Å². The van der Waals surface area contributed by atoms with Crippen molar-refractivity contribution in [1.82, 2.24) is 4.98 Å². The van der Waals surface area contributed by atoms with E-state index in [0.29, 0.717) is 0 Å². The van der Waals surface area contributed by atoms with Crippen molar-refractivity contribution in [3.63, 3.8) is 0 Å². The first-order valence-electron chi connectivity index (χ1n) is 4.80. The van der Waals surface area contributed by atoms with Gasteiger partial charge < -0.3 is 5.11 Å². The third-order valence-electron chi connectivity index (χ3n) is 2.49. The molecule has 1 aromatic heterocycles. The lowest BCUT2D eigenvalue weighted by atomic mass is 10.4. The minimum absolute atomic E-state index is 0.0168. The first-order valence-corrected chi connectivity index (χ1v) is 7.22. The minimum atomic E-state index is -3.79. The van der Waals surface area contributed by atoms with E-state index >= 15 is 0 Å². The van der Waals surface area contributed by atoms with Crippen LogP contribution in [0.5, 0.6) is 0 Å². The molecule has 8 nitrogen and oxygen atoms in total. The molecule has 1 atom stereocenters. The van der Waals surface area contributed by atoms with Gasteiger partial charge in [-0.1, -0.05) is 11.3 Å². The molecule has 98 valence electrons. The Balaban J connectivity index is 2.24. The van der Waals surface area contributed by atoms with Gasteiger partial charge in [0.25, 0.3) is 0 Å². The molecule has 18 heavy (non-hydrogen) atoms. The maximum Gasteiger partial charge on any atom is 0.347 e. The summed E-state index contributed by atoms with van der Waals surface area (Å²) in [5.74, 6) is -1.58. The third kappa shape index (κ3) is 2.35. The molecule has 0 aliphatic carbocycles. The molecule has 1 fully saturated rings. The van der Waals surface area contributed by atoms with E-state index in [1.54, 1.807) is 0 Å². The molecule has 0 spiro atoms. The summed E-state index contributed by atoms with van der Waals surface area (Å²) >= 11 is 0.813. The Labute approximate surface area is 106 Å². The molecule has 1 aromatic rings. The number of thiazole rings is 1. The summed E-state index contributed by atoms with van der Waals surface area (Å²) in [4.78, 5) is 27.2. The van der Waals surface area contributed by atoms with Crippen LogP contribution in [0.2, 0.25) is 0 Å². The van der Waals surface area contributed by atoms with Crippen LogP contribution < -0.4 is 10.0 Å². The maximum atomic E-state index is 11.6. The molecule has 1 saturated heterocycles. The number of sulfonamides is 1. The summed E-state index contributed by atoms with van der Waals surface area (Å²) in [5.41, 5.74) is 0. The van der Waals surface area contributed by atoms with E-state index in [1.165, 1.54) is 0 Å². The first-order chi connectivity index (χ1) is 8.29. The molecular formula is C8H9N3O5S2. The van der Waals surface area contributed by atoms with E-state index in [1.807, 2.05) is 0 Å². The van der Waals surface area contributed by atoms with Crippen LogP contribution in [0.25, 0.3) is 0 Å². The quantitative estimate of drug-likeness (QED) is 0.752. The summed E-state index contributed by atoms with van der Waals surface area (Å²) < 4.78 is 22.3. The number of hydrogen-bond donors (Lipinski definition) is 2. The zero-order valence-corrected chi connectivity index (χ0v) is 10.6. The zero-order chi connectivity index (χ0) is 13.5. The summed E-state index contributed by atoms with van der Waals surface area (Å²) in [5, 5.41) is 12.9. The Kier molecular flexibility index (Phi) is 3.09. The largest absolute Gasteiger partial charge is 0.477 e. The topological polar surface area (TPSA) is 131 Å². The minimum Gasteiger partial charge on any atom is -0.477 e. The Morgan fingerprint density at radius 2 is 2.28 bits per heavy atom. The highest BCUT2D eigenvalue weighted by Gasteiger charge is 2.38. The second-order valence-corrected chi connectivity index (χ2v) is 6.59. The average Bonchev–Trinajstić information content (AvgIpc) is 2.81. The molecule has 1 amide bonds. The highest BCUT2D eigenvalue weighted by atomic mass is 32.2. The van der Waals surface area contributed by atoms with Gasteiger partial charge in [0.2, 0.25) is 15.9 Å². The van der Waals surface area contributed by atoms with Gasteiger partial charge in [-0.05, 0) is 0 Å². The highest BCUT2D eigenvalue weighted by molar-refractivity contribution is 7.89. The molecule has 0 bridgehead atoms. The molecule has 0 saturated carbocycles. The molecule has 1 unspecified atom stereocenters. The standard InChI is InChI=1S/C8H9N3O5S2/c9-18(15,16)4-1-6(12)11(3-4)8-10-2-5(17-8)7(13)14/h2,4H,1,3H2,(H,13,14)(H2,9,15,16). The SMILES string of the molecule is NS(=O)(=O)C1CC(=O)N(c2ncc(C(=O)O)s2)C1. The molecule has 1 aliphatic heterocycles. The molecule has 10 heteroatoms. The number of aromatic carboxylic acids is 1. The number of primary sulfonamides is 1. The van der Waals surface area contributed by atoms with E-state index in [9.17, 15) is 18.0 Å². The van der Waals surface area contributed by atoms with Gasteiger partial charge >= 0.3 is 5.97 Å². The van der Waals surface area contributed by atoms with Crippen molar-refractivity contribution in [3.8, 4) is 0 Å². The van der Waals surface area contributed by atoms with Crippen LogP contribution in [0, 0.1) is 0 Å². The van der Waals surface area contributed by atoms with E-state index < -0.39 is 27.1 Å². The maximum absolute atomic E-state index is 11.6. The number of carbonyl (C=O) groups is 2. The van der Waals surface area contributed by atoms with Crippen LogP contribution in [-0.4, -0.2) is 42.2 Å². The van der Waals surface area contributed by atoms with Crippen molar-refractivity contribution in [3.05, 3.63) is 11.1 Å². The van der Waals surface area contributed by atoms with Crippen molar-refractivity contribution in [1.29, 1.82) is 0 Å². The van der Waals surface area contributed by atoms with E-state index in [-0.39, 0.29) is 23.0 Å². The Hall–Kier alpha value is -1.52. The van der Waals surface area contributed by atoms with Gasteiger partial charge in [0.05, 0.1) is 6.20 Å². The number of carboxylic acid groups (broad SMARTS) is 1. The van der Waals surface area contributed by atoms with Crippen LogP contribution in [0.15, 0.2) is 6.20 Å². The number of hydrogen-bond acceptors (Lipinski definition) is 6. The van der Waals surface area contributed by atoms with Gasteiger partial charge in [0.1, 0.15) is 10.1 Å². The van der Waals surface area contributed by atoms with E-state index in [2.05, 4.69) is 4.98 Å². The van der Waals surface area contributed by atoms with Crippen LogP contribution in [-0.2, 0) is 14.8 Å². The zero-order valence-electron chi connectivity index (χ0n) is 8.94. The number of aromatic nitrogens is 1. The normalized spacial score (nSPS) is 20.4. The Morgan fingerprint density at radius 1 is 1.61 bits per heavy atom. The van der Waals surface area contributed by atoms with Crippen LogP contribution in [0.4, 0.5) is 5.13 Å². The van der Waals surface area contributed by atoms with Gasteiger partial charge in [0.15, 0.2) is 5.13 Å². The monoisotopic (exact) mass is 291 g/mol. The number of nitrogens with zero attached hydrogens (tertiary/aromatic N) is 2. The van der Waals surface area contributed by atoms with E-state index in [4.69, 9.17) is 10.2 Å². The lowest BCUT2D eigenvalue weighted by molar-refractivity contribution is -0.117. The Bertz CT molecular complexity index is 608. The summed E-state index contributed by atoms with van der Waals surface area (Å²) in [6, 6.07) is 0. The molecule has 2 rings (SSSR count). The van der Waals surface area contributed by atoms with E-state index in [0.717, 1.165) is 22.4 Å². The fourth-order valence-electron chi connectivity index (χ4n) is 1.57. The molecule has 0 radical (unpaired) electrons. The number of anilines is 1. The van der Waals surface area contributed by atoms with Crippen molar-refractivity contribution >= 4 is 38.4 Å². The Morgan fingerprint density at radius 3 is 2.72 bits per heavy atom. The first kappa shape index (κ1) is 12.9. The number of rotatable bonds is 3. The second-order valence-electron chi connectivity index (χ2n) is 3.73. The van der Waals surface area contributed by atoms with Crippen LogP contribution >= 0.6 is 11.3 Å². The number of nitrogens with two attached hydrogens (primary N) is 1. The van der Waals surface area contributed by atoms with Gasteiger partial charge in [0, 0.05) is 13.0 Å². The molecule has 0 aromatic carbocycles. The predicted molar refractivity (Wildman–Crippen MR) is 62.9 cm³/mol. The third-order valence-corrected chi connectivity index (χ3v) is 4.74. The number of amides is 1. The van der Waals surface area contributed by atoms with Crippen LogP contribution in [0.1, 0.15) is 16.1 Å². The summed E-state index contributed by atoms with van der Waals surface area (Å²) in [6.45, 7) is -0.0930. The lowest BCUT2D eigenvalue weighted by Crippen LogP contribution is -2.32. The highest BCUT2D eigenvalue weighted by Crippen LogP contribution is 2.28. The second kappa shape index (κ2) is 4.30. The van der Waals surface area contributed by atoms with Gasteiger partial charge in [-0.3, -0.25) is 9.69 Å². The molecule has 1 aliphatic rings. The van der Waals surface area contributed by atoms with Crippen molar-refractivity contribution in [2.24, 2.45) is 5.14 Å². The molecule has 3 N–H and O–H groups in total. The number of carboxylic acids is 1. The summed E-state index contributed by atoms with van der Waals surface area (Å²) in [6.07, 6.45) is 0.917. The fourth-order valence-corrected chi connectivity index (χ4v) is 3.08. The van der Waals surface area contributed by atoms with Gasteiger partial charge in [-0.15, -0.1) is 0 Å². The van der Waals surface area contributed by atoms with Crippen molar-refractivity contribution in [2.75, 3.05) is 11.4 Å². The summed E-state index contributed by atoms with van der Waals surface area (Å²) in [7, 11) is -3.79. The predicted octanol–water partition coefficient (Wildman–Crippen LogP) is -0.765. The van der Waals surface area contributed by atoms with Gasteiger partial charge in [-0.2, -0.15) is 0 Å². The molecular weight excluding hydrogens is 282 g/mol. The average molecular weight is 291 g/mol. The van der Waals surface area contributed by atoms with Crippen molar-refractivity contribution in [2.45, 2.75) is 11.7 Å². The lowest BCUT2D eigenvalue weighted by Gasteiger charge is -2.11.